The van der Waals surface area contributed by atoms with Gasteiger partial charge in [-0.2, -0.15) is 9.97 Å². The summed E-state index contributed by atoms with van der Waals surface area (Å²) < 4.78 is 25.0. The van der Waals surface area contributed by atoms with E-state index >= 15 is 0 Å². The van der Waals surface area contributed by atoms with Crippen LogP contribution in [0.4, 0.5) is 15.9 Å². The molecule has 0 radical (unpaired) electrons. The molecule has 0 aliphatic heterocycles. The lowest BCUT2D eigenvalue weighted by Crippen LogP contribution is -2.09. The molecular weight excluding hydrogens is 359 g/mol. The van der Waals surface area contributed by atoms with E-state index in [0.29, 0.717) is 47.1 Å². The molecule has 0 saturated carbocycles. The van der Waals surface area contributed by atoms with Crippen LogP contribution in [0.25, 0.3) is 10.9 Å². The fraction of sp³-hybridized carbons (Fsp3) is 0.222. The van der Waals surface area contributed by atoms with E-state index in [4.69, 9.17) is 26.8 Å². The van der Waals surface area contributed by atoms with Crippen LogP contribution in [0.3, 0.4) is 0 Å². The summed E-state index contributed by atoms with van der Waals surface area (Å²) in [6, 6.07) is 9.89. The van der Waals surface area contributed by atoms with Crippen molar-refractivity contribution in [1.29, 1.82) is 0 Å². The minimum atomic E-state index is -0.488. The number of hydrogen-bond donors (Lipinski definition) is 2. The second kappa shape index (κ2) is 8.16. The molecule has 0 atom stereocenters. The van der Waals surface area contributed by atoms with Gasteiger partial charge in [0.2, 0.25) is 0 Å². The van der Waals surface area contributed by atoms with E-state index in [1.54, 1.807) is 37.4 Å². The normalized spacial score (nSPS) is 10.8. The number of hydrogen-bond acceptors (Lipinski definition) is 6. The van der Waals surface area contributed by atoms with Gasteiger partial charge >= 0.3 is 6.01 Å². The Balaban J connectivity index is 2.03. The van der Waals surface area contributed by atoms with Crippen LogP contribution in [0.2, 0.25) is 5.02 Å². The van der Waals surface area contributed by atoms with Crippen LogP contribution < -0.4 is 20.5 Å². The first-order valence-corrected chi connectivity index (χ1v) is 8.39. The molecular formula is C18H18ClFN4O2. The molecule has 1 aromatic heterocycles. The van der Waals surface area contributed by atoms with Crippen molar-refractivity contribution in [2.24, 2.45) is 5.73 Å². The number of rotatable bonds is 7. The summed E-state index contributed by atoms with van der Waals surface area (Å²) in [6.45, 7) is 0.902. The van der Waals surface area contributed by atoms with Gasteiger partial charge < -0.3 is 20.5 Å². The van der Waals surface area contributed by atoms with E-state index in [9.17, 15) is 4.39 Å². The number of nitrogens with two attached hydrogens (primary N) is 1. The maximum Gasteiger partial charge on any atom is 0.318 e. The van der Waals surface area contributed by atoms with Gasteiger partial charge in [0.1, 0.15) is 17.4 Å². The van der Waals surface area contributed by atoms with Gasteiger partial charge in [0.25, 0.3) is 0 Å². The molecule has 0 unspecified atom stereocenters. The predicted molar refractivity (Wildman–Crippen MR) is 99.9 cm³/mol. The highest BCUT2D eigenvalue weighted by Crippen LogP contribution is 2.30. The SMILES string of the molecule is COc1ccc2nc(OCCCN)nc(Nc3ccc(Cl)cc3F)c2c1. The lowest BCUT2D eigenvalue weighted by Gasteiger charge is -2.13. The Kier molecular flexibility index (Phi) is 5.70. The second-order valence-corrected chi connectivity index (χ2v) is 5.91. The Morgan fingerprint density at radius 2 is 2.04 bits per heavy atom. The predicted octanol–water partition coefficient (Wildman–Crippen LogP) is 3.90. The Morgan fingerprint density at radius 1 is 1.19 bits per heavy atom. The van der Waals surface area contributed by atoms with E-state index < -0.39 is 5.82 Å². The fourth-order valence-corrected chi connectivity index (χ4v) is 2.50. The molecule has 0 spiro atoms. The maximum absolute atomic E-state index is 14.2. The number of nitrogens with one attached hydrogen (secondary N) is 1. The summed E-state index contributed by atoms with van der Waals surface area (Å²) in [5.74, 6) is 0.549. The van der Waals surface area contributed by atoms with Gasteiger partial charge in [-0.1, -0.05) is 11.6 Å². The van der Waals surface area contributed by atoms with Gasteiger partial charge in [0.05, 0.1) is 24.9 Å². The zero-order chi connectivity index (χ0) is 18.5. The van der Waals surface area contributed by atoms with Crippen LogP contribution in [-0.4, -0.2) is 30.2 Å². The maximum atomic E-state index is 14.2. The number of ether oxygens (including phenoxy) is 2. The van der Waals surface area contributed by atoms with Crippen LogP contribution in [0.1, 0.15) is 6.42 Å². The third-order valence-corrected chi connectivity index (χ3v) is 3.88. The summed E-state index contributed by atoms with van der Waals surface area (Å²) in [5.41, 5.74) is 6.36. The van der Waals surface area contributed by atoms with Crippen molar-refractivity contribution in [3.8, 4) is 11.8 Å². The number of benzene rings is 2. The topological polar surface area (TPSA) is 82.3 Å². The molecule has 0 saturated heterocycles. The zero-order valence-electron chi connectivity index (χ0n) is 14.1. The standard InChI is InChI=1S/C18H18ClFN4O2/c1-25-12-4-6-15-13(10-12)17(24-18(23-15)26-8-2-7-21)22-16-5-3-11(19)9-14(16)20/h3-6,9-10H,2,7-8,21H2,1H3,(H,22,23,24). The summed E-state index contributed by atoms with van der Waals surface area (Å²) in [5, 5.41) is 3.96. The number of anilines is 2. The van der Waals surface area contributed by atoms with E-state index in [1.807, 2.05) is 0 Å². The molecule has 26 heavy (non-hydrogen) atoms. The average Bonchev–Trinajstić information content (AvgIpc) is 2.64. The molecule has 0 amide bonds. The van der Waals surface area contributed by atoms with Crippen LogP contribution >= 0.6 is 11.6 Å². The first-order valence-electron chi connectivity index (χ1n) is 8.01. The Hall–Kier alpha value is -2.64. The van der Waals surface area contributed by atoms with Gasteiger partial charge in [-0.3, -0.25) is 0 Å². The van der Waals surface area contributed by atoms with Crippen molar-refractivity contribution in [2.75, 3.05) is 25.6 Å². The summed E-state index contributed by atoms with van der Waals surface area (Å²) in [4.78, 5) is 8.74. The monoisotopic (exact) mass is 376 g/mol. The number of fused-ring (bicyclic) bond motifs is 1. The molecule has 3 N–H and O–H groups in total. The van der Waals surface area contributed by atoms with Crippen molar-refractivity contribution in [2.45, 2.75) is 6.42 Å². The largest absolute Gasteiger partial charge is 0.497 e. The second-order valence-electron chi connectivity index (χ2n) is 5.48. The first-order chi connectivity index (χ1) is 12.6. The Morgan fingerprint density at radius 3 is 2.77 bits per heavy atom. The van der Waals surface area contributed by atoms with Gasteiger partial charge in [0.15, 0.2) is 0 Å². The molecule has 0 bridgehead atoms. The van der Waals surface area contributed by atoms with Crippen LogP contribution in [-0.2, 0) is 0 Å². The lowest BCUT2D eigenvalue weighted by molar-refractivity contribution is 0.290. The molecule has 0 fully saturated rings. The van der Waals surface area contributed by atoms with E-state index in [2.05, 4.69) is 15.3 Å². The van der Waals surface area contributed by atoms with Crippen molar-refractivity contribution in [3.05, 3.63) is 47.2 Å². The smallest absolute Gasteiger partial charge is 0.318 e. The molecule has 0 aliphatic rings. The number of nitrogens with zero attached hydrogens (tertiary/aromatic N) is 2. The van der Waals surface area contributed by atoms with E-state index in [1.165, 1.54) is 6.07 Å². The highest BCUT2D eigenvalue weighted by Gasteiger charge is 2.12. The highest BCUT2D eigenvalue weighted by molar-refractivity contribution is 6.30. The van der Waals surface area contributed by atoms with Crippen LogP contribution in [0.5, 0.6) is 11.8 Å². The van der Waals surface area contributed by atoms with Crippen LogP contribution in [0, 0.1) is 5.82 Å². The van der Waals surface area contributed by atoms with Crippen molar-refractivity contribution >= 4 is 34.0 Å². The molecule has 8 heteroatoms. The van der Waals surface area contributed by atoms with Gasteiger partial charge in [-0.15, -0.1) is 0 Å². The Bertz CT molecular complexity index is 923. The lowest BCUT2D eigenvalue weighted by atomic mass is 10.2. The Labute approximate surface area is 155 Å². The third-order valence-electron chi connectivity index (χ3n) is 3.65. The molecule has 1 heterocycles. The van der Waals surface area contributed by atoms with E-state index in [0.717, 1.165) is 0 Å². The summed E-state index contributed by atoms with van der Waals surface area (Å²) in [7, 11) is 1.57. The summed E-state index contributed by atoms with van der Waals surface area (Å²) >= 11 is 5.81. The third kappa shape index (κ3) is 4.12. The molecule has 3 rings (SSSR count). The van der Waals surface area contributed by atoms with Crippen LogP contribution in [0.15, 0.2) is 36.4 Å². The first kappa shape index (κ1) is 18.2. The number of aromatic nitrogens is 2. The molecule has 2 aromatic carbocycles. The van der Waals surface area contributed by atoms with Gasteiger partial charge in [-0.25, -0.2) is 4.39 Å². The average molecular weight is 377 g/mol. The quantitative estimate of drug-likeness (QED) is 0.608. The van der Waals surface area contributed by atoms with Crippen molar-refractivity contribution in [3.63, 3.8) is 0 Å². The van der Waals surface area contributed by atoms with Gasteiger partial charge in [0, 0.05) is 10.4 Å². The molecule has 6 nitrogen and oxygen atoms in total. The number of halogens is 2. The molecule has 3 aromatic rings. The van der Waals surface area contributed by atoms with Crippen molar-refractivity contribution in [1.82, 2.24) is 9.97 Å². The molecule has 0 aliphatic carbocycles. The van der Waals surface area contributed by atoms with Gasteiger partial charge in [-0.05, 0) is 49.4 Å². The zero-order valence-corrected chi connectivity index (χ0v) is 14.9. The summed E-state index contributed by atoms with van der Waals surface area (Å²) in [6.07, 6.45) is 0.679. The minimum Gasteiger partial charge on any atom is -0.497 e. The fourth-order valence-electron chi connectivity index (χ4n) is 2.34. The molecule has 136 valence electrons. The minimum absolute atomic E-state index is 0.188. The van der Waals surface area contributed by atoms with Crippen molar-refractivity contribution < 1.29 is 13.9 Å². The number of methoxy groups -OCH3 is 1. The van der Waals surface area contributed by atoms with E-state index in [-0.39, 0.29) is 11.7 Å². The highest BCUT2D eigenvalue weighted by atomic mass is 35.5.